The molecule has 9 heteroatoms. The van der Waals surface area contributed by atoms with E-state index >= 15 is 0 Å². The zero-order valence-electron chi connectivity index (χ0n) is 37.0. The second kappa shape index (κ2) is 40.3. The summed E-state index contributed by atoms with van der Waals surface area (Å²) in [5, 5.41) is 0. The number of phosphoric acid groups is 1. The highest BCUT2D eigenvalue weighted by Gasteiger charge is 2.19. The van der Waals surface area contributed by atoms with Crippen molar-refractivity contribution < 1.29 is 37.3 Å². The second-order valence-electron chi connectivity index (χ2n) is 15.7. The molecule has 2 atom stereocenters. The van der Waals surface area contributed by atoms with Gasteiger partial charge in [-0.25, -0.2) is 0 Å². The Morgan fingerprint density at radius 3 is 1.56 bits per heavy atom. The van der Waals surface area contributed by atoms with Crippen molar-refractivity contribution in [1.29, 1.82) is 0 Å². The molecule has 328 valence electrons. The molecule has 0 aliphatic carbocycles. The summed E-state index contributed by atoms with van der Waals surface area (Å²) in [6.45, 7) is 4.52. The molecular weight excluding hydrogens is 734 g/mol. The number of hydrogen-bond acceptors (Lipinski definition) is 7. The predicted octanol–water partition coefficient (Wildman–Crippen LogP) is 13.0. The lowest BCUT2D eigenvalue weighted by Gasteiger charge is -2.28. The van der Waals surface area contributed by atoms with Crippen LogP contribution in [0, 0.1) is 0 Å². The van der Waals surface area contributed by atoms with Crippen LogP contribution in [-0.2, 0) is 27.9 Å². The summed E-state index contributed by atoms with van der Waals surface area (Å²) in [7, 11) is 1.32. The molecule has 0 rings (SSSR count). The Morgan fingerprint density at radius 2 is 1.04 bits per heavy atom. The van der Waals surface area contributed by atoms with Gasteiger partial charge in [0.2, 0.25) is 0 Å². The number of rotatable bonds is 40. The Labute approximate surface area is 350 Å². The molecule has 0 aromatic carbocycles. The van der Waals surface area contributed by atoms with Crippen LogP contribution in [0.25, 0.3) is 0 Å². The maximum absolute atomic E-state index is 12.5. The quantitative estimate of drug-likeness (QED) is 0.0152. The van der Waals surface area contributed by atoms with Gasteiger partial charge in [0, 0.05) is 6.42 Å². The van der Waals surface area contributed by atoms with E-state index in [-0.39, 0.29) is 25.8 Å². The van der Waals surface area contributed by atoms with Crippen molar-refractivity contribution in [2.45, 2.75) is 168 Å². The Kier molecular flexibility index (Phi) is 38.6. The van der Waals surface area contributed by atoms with Crippen LogP contribution in [0.1, 0.15) is 162 Å². The van der Waals surface area contributed by atoms with Gasteiger partial charge in [-0.2, -0.15) is 0 Å². The van der Waals surface area contributed by atoms with E-state index in [2.05, 4.69) is 86.8 Å². The predicted molar refractivity (Wildman–Crippen MR) is 240 cm³/mol. The number of carbonyl (C=O) groups excluding carboxylic acids is 1. The summed E-state index contributed by atoms with van der Waals surface area (Å²) in [6, 6.07) is 0. The lowest BCUT2D eigenvalue weighted by molar-refractivity contribution is -0.870. The first-order chi connectivity index (χ1) is 27.6. The fraction of sp³-hybridized carbons (Fsp3) is 0.688. The van der Waals surface area contributed by atoms with E-state index in [1.54, 1.807) is 6.26 Å². The summed E-state index contributed by atoms with van der Waals surface area (Å²) < 4.78 is 34.3. The Bertz CT molecular complexity index is 1180. The Morgan fingerprint density at radius 1 is 0.579 bits per heavy atom. The molecule has 0 N–H and O–H groups in total. The number of allylic oxidation sites excluding steroid dienone is 13. The first kappa shape index (κ1) is 54.5. The average molecular weight is 818 g/mol. The fourth-order valence-electron chi connectivity index (χ4n) is 5.49. The largest absolute Gasteiger partial charge is 0.756 e. The van der Waals surface area contributed by atoms with Crippen molar-refractivity contribution in [3.8, 4) is 0 Å². The number of carbonyl (C=O) groups is 1. The minimum Gasteiger partial charge on any atom is -0.756 e. The van der Waals surface area contributed by atoms with Gasteiger partial charge in [0.15, 0.2) is 6.10 Å². The summed E-state index contributed by atoms with van der Waals surface area (Å²) in [5.74, 6) is -0.329. The summed E-state index contributed by atoms with van der Waals surface area (Å²) in [5.41, 5.74) is 0. The molecule has 0 heterocycles. The number of esters is 1. The molecular formula is C48H84NO7P. The van der Waals surface area contributed by atoms with E-state index in [0.717, 1.165) is 83.5 Å². The van der Waals surface area contributed by atoms with Crippen LogP contribution >= 0.6 is 7.82 Å². The summed E-state index contributed by atoms with van der Waals surface area (Å²) >= 11 is 0. The maximum Gasteiger partial charge on any atom is 0.305 e. The lowest BCUT2D eigenvalue weighted by atomic mass is 10.1. The monoisotopic (exact) mass is 818 g/mol. The summed E-state index contributed by atoms with van der Waals surface area (Å²) in [6.07, 6.45) is 54.1. The molecule has 57 heavy (non-hydrogen) atoms. The smallest absolute Gasteiger partial charge is 0.305 e. The average Bonchev–Trinajstić information content (AvgIpc) is 3.17. The molecule has 0 bridgehead atoms. The fourth-order valence-corrected chi connectivity index (χ4v) is 6.22. The molecule has 0 fully saturated rings. The molecule has 0 saturated heterocycles. The van der Waals surface area contributed by atoms with E-state index in [1.165, 1.54) is 57.8 Å². The molecule has 0 aromatic rings. The topological polar surface area (TPSA) is 94.1 Å². The van der Waals surface area contributed by atoms with Crippen LogP contribution in [0.2, 0.25) is 0 Å². The van der Waals surface area contributed by atoms with Crippen LogP contribution in [0.15, 0.2) is 85.3 Å². The van der Waals surface area contributed by atoms with Crippen LogP contribution in [0.4, 0.5) is 0 Å². The van der Waals surface area contributed by atoms with Crippen molar-refractivity contribution in [2.24, 2.45) is 0 Å². The second-order valence-corrected chi connectivity index (χ2v) is 17.1. The standard InChI is InChI=1S/C48H84NO7P/c1-6-8-10-12-14-16-18-20-22-24-25-26-27-29-31-33-35-37-39-41-48(50)54-45-47(46-56-57(51,52)55-44-42-49(3,4)5)53-43-40-38-36-34-32-30-28-23-21-19-17-15-13-11-9-7-2/h8,10,14,16,20-23,25-26,29,31,40,43,47H,6-7,9,11-13,15,17-19,24,27-28,30,32-39,41-42,44-46H2,1-5H3/b10-8-,16-14-,22-20-,23-21-,26-25-,31-29-,43-40-. The van der Waals surface area contributed by atoms with Crippen LogP contribution in [0.5, 0.6) is 0 Å². The van der Waals surface area contributed by atoms with E-state index in [9.17, 15) is 14.3 Å². The molecule has 0 aromatic heterocycles. The highest BCUT2D eigenvalue weighted by molar-refractivity contribution is 7.45. The molecule has 0 amide bonds. The van der Waals surface area contributed by atoms with Crippen molar-refractivity contribution in [3.63, 3.8) is 0 Å². The van der Waals surface area contributed by atoms with Gasteiger partial charge in [0.25, 0.3) is 7.82 Å². The molecule has 0 aliphatic rings. The van der Waals surface area contributed by atoms with Gasteiger partial charge in [0.1, 0.15) is 19.8 Å². The van der Waals surface area contributed by atoms with E-state index in [1.807, 2.05) is 27.2 Å². The van der Waals surface area contributed by atoms with Crippen molar-refractivity contribution in [3.05, 3.63) is 85.3 Å². The van der Waals surface area contributed by atoms with Gasteiger partial charge in [-0.3, -0.25) is 9.36 Å². The zero-order valence-corrected chi connectivity index (χ0v) is 37.9. The SMILES string of the molecule is CC/C=C\C/C=C\C/C=C\C/C=C\C/C=C\CCCCCC(=O)OCC(COP(=O)([O-])OCC[N+](C)(C)C)O/C=C\CCCCCC/C=C\CCCCCCCC. The lowest BCUT2D eigenvalue weighted by Crippen LogP contribution is -2.37. The zero-order chi connectivity index (χ0) is 42.0. The Balaban J connectivity index is 4.37. The normalized spacial score (nSPS) is 14.5. The van der Waals surface area contributed by atoms with Gasteiger partial charge >= 0.3 is 5.97 Å². The van der Waals surface area contributed by atoms with Gasteiger partial charge in [-0.05, 0) is 96.0 Å². The number of nitrogens with zero attached hydrogens (tertiary/aromatic N) is 1. The molecule has 2 unspecified atom stereocenters. The highest BCUT2D eigenvalue weighted by Crippen LogP contribution is 2.38. The number of ether oxygens (including phenoxy) is 2. The first-order valence-corrected chi connectivity index (χ1v) is 23.8. The van der Waals surface area contributed by atoms with Gasteiger partial charge in [-0.1, -0.05) is 138 Å². The molecule has 0 spiro atoms. The third-order valence-electron chi connectivity index (χ3n) is 9.02. The number of phosphoric ester groups is 1. The van der Waals surface area contributed by atoms with Crippen LogP contribution in [0.3, 0.4) is 0 Å². The van der Waals surface area contributed by atoms with Crippen molar-refractivity contribution >= 4 is 13.8 Å². The molecule has 8 nitrogen and oxygen atoms in total. The van der Waals surface area contributed by atoms with Gasteiger partial charge in [-0.15, -0.1) is 0 Å². The van der Waals surface area contributed by atoms with E-state index in [4.69, 9.17) is 18.5 Å². The summed E-state index contributed by atoms with van der Waals surface area (Å²) in [4.78, 5) is 24.9. The van der Waals surface area contributed by atoms with Crippen molar-refractivity contribution in [1.82, 2.24) is 0 Å². The minimum absolute atomic E-state index is 0.0151. The van der Waals surface area contributed by atoms with Gasteiger partial charge in [0.05, 0.1) is 34.0 Å². The first-order valence-electron chi connectivity index (χ1n) is 22.4. The van der Waals surface area contributed by atoms with Gasteiger partial charge < -0.3 is 27.9 Å². The number of unbranched alkanes of at least 4 members (excludes halogenated alkanes) is 14. The third kappa shape index (κ3) is 44.5. The number of likely N-dealkylation sites (N-methyl/N-ethyl adjacent to an activating group) is 1. The maximum atomic E-state index is 12.5. The van der Waals surface area contributed by atoms with E-state index in [0.29, 0.717) is 17.4 Å². The van der Waals surface area contributed by atoms with Crippen molar-refractivity contribution in [2.75, 3.05) is 47.5 Å². The Hall–Kier alpha value is -2.48. The highest BCUT2D eigenvalue weighted by atomic mass is 31.2. The van der Waals surface area contributed by atoms with E-state index < -0.39 is 13.9 Å². The van der Waals surface area contributed by atoms with Crippen LogP contribution < -0.4 is 4.89 Å². The minimum atomic E-state index is -4.53. The third-order valence-corrected chi connectivity index (χ3v) is 9.98. The molecule has 0 aliphatic heterocycles. The molecule has 0 radical (unpaired) electrons. The number of hydrogen-bond donors (Lipinski definition) is 0. The number of quaternary nitrogens is 1. The van der Waals surface area contributed by atoms with Crippen LogP contribution in [-0.4, -0.2) is 64.1 Å². The molecule has 0 saturated carbocycles.